The molecule has 0 radical (unpaired) electrons. The molecule has 1 aromatic rings. The lowest BCUT2D eigenvalue weighted by molar-refractivity contribution is 0.0124. The van der Waals surface area contributed by atoms with Gasteiger partial charge in [0.05, 0.1) is 5.56 Å². The molecule has 4 heteroatoms. The van der Waals surface area contributed by atoms with Crippen molar-refractivity contribution in [2.24, 2.45) is 5.41 Å². The number of nitrogens with zero attached hydrogens (tertiary/aromatic N) is 1. The fraction of sp³-hybridized carbons (Fsp3) is 0.611. The molecule has 0 bridgehead atoms. The van der Waals surface area contributed by atoms with Gasteiger partial charge in [0.1, 0.15) is 5.67 Å². The van der Waals surface area contributed by atoms with Gasteiger partial charge in [-0.2, -0.15) is 0 Å². The lowest BCUT2D eigenvalue weighted by atomic mass is 9.84. The smallest absolute Gasteiger partial charge is 0.335 e. The van der Waals surface area contributed by atoms with Gasteiger partial charge in [-0.15, -0.1) is 0 Å². The van der Waals surface area contributed by atoms with E-state index in [1.807, 2.05) is 12.1 Å². The van der Waals surface area contributed by atoms with Crippen molar-refractivity contribution in [3.63, 3.8) is 0 Å². The van der Waals surface area contributed by atoms with E-state index in [2.05, 4.69) is 25.7 Å². The number of benzene rings is 1. The summed E-state index contributed by atoms with van der Waals surface area (Å²) in [6.07, 6.45) is 1.00. The van der Waals surface area contributed by atoms with Crippen LogP contribution in [0, 0.1) is 5.41 Å². The first-order valence-electron chi connectivity index (χ1n) is 7.84. The van der Waals surface area contributed by atoms with Crippen molar-refractivity contribution in [1.82, 2.24) is 4.90 Å². The maximum atomic E-state index is 14.5. The Morgan fingerprint density at radius 3 is 2.45 bits per heavy atom. The van der Waals surface area contributed by atoms with E-state index in [0.29, 0.717) is 12.8 Å². The van der Waals surface area contributed by atoms with Crippen LogP contribution in [0.3, 0.4) is 0 Å². The lowest BCUT2D eigenvalue weighted by Gasteiger charge is -2.44. The van der Waals surface area contributed by atoms with E-state index < -0.39 is 11.6 Å². The van der Waals surface area contributed by atoms with Crippen LogP contribution in [-0.4, -0.2) is 34.7 Å². The number of carboxylic acids is 1. The number of carboxylic acid groups (broad SMARTS) is 1. The van der Waals surface area contributed by atoms with Crippen molar-refractivity contribution < 1.29 is 14.3 Å². The standard InChI is InChI=1S/C18H26FNO2/c1-17(2,3)12-20-10-9-18(4,19)11-15(20)13-5-7-14(8-6-13)16(21)22/h5-8,15H,9-12H2,1-4H3,(H,21,22)/t15-,18+/m0/s1. The quantitative estimate of drug-likeness (QED) is 0.905. The second kappa shape index (κ2) is 5.99. The summed E-state index contributed by atoms with van der Waals surface area (Å²) in [6, 6.07) is 6.87. The summed E-state index contributed by atoms with van der Waals surface area (Å²) >= 11 is 0. The molecule has 0 spiro atoms. The number of carbonyl (C=O) groups is 1. The van der Waals surface area contributed by atoms with Crippen molar-refractivity contribution in [2.45, 2.75) is 52.2 Å². The van der Waals surface area contributed by atoms with Gasteiger partial charge in [0.2, 0.25) is 0 Å². The van der Waals surface area contributed by atoms with Gasteiger partial charge in [-0.05, 0) is 36.5 Å². The third-order valence-corrected chi connectivity index (χ3v) is 4.20. The summed E-state index contributed by atoms with van der Waals surface area (Å²) in [5.41, 5.74) is 0.246. The Kier molecular flexibility index (Phi) is 4.62. The van der Waals surface area contributed by atoms with Crippen LogP contribution in [-0.2, 0) is 0 Å². The van der Waals surface area contributed by atoms with Crippen LogP contribution < -0.4 is 0 Å². The number of likely N-dealkylation sites (tertiary alicyclic amines) is 1. The van der Waals surface area contributed by atoms with Crippen molar-refractivity contribution in [2.75, 3.05) is 13.1 Å². The summed E-state index contributed by atoms with van der Waals surface area (Å²) < 4.78 is 14.5. The number of piperidine rings is 1. The third kappa shape index (κ3) is 4.29. The van der Waals surface area contributed by atoms with Crippen LogP contribution >= 0.6 is 0 Å². The van der Waals surface area contributed by atoms with Gasteiger partial charge in [-0.25, -0.2) is 9.18 Å². The Bertz CT molecular complexity index is 531. The summed E-state index contributed by atoms with van der Waals surface area (Å²) in [5.74, 6) is -0.933. The van der Waals surface area contributed by atoms with Gasteiger partial charge in [0.25, 0.3) is 0 Å². The summed E-state index contributed by atoms with van der Waals surface area (Å²) in [6.45, 7) is 9.84. The fourth-order valence-electron chi connectivity index (χ4n) is 3.14. The van der Waals surface area contributed by atoms with E-state index in [0.717, 1.165) is 18.7 Å². The van der Waals surface area contributed by atoms with E-state index >= 15 is 0 Å². The van der Waals surface area contributed by atoms with Gasteiger partial charge in [0.15, 0.2) is 0 Å². The highest BCUT2D eigenvalue weighted by Gasteiger charge is 2.38. The molecule has 1 aliphatic rings. The van der Waals surface area contributed by atoms with Gasteiger partial charge >= 0.3 is 5.97 Å². The molecule has 1 aliphatic heterocycles. The third-order valence-electron chi connectivity index (χ3n) is 4.20. The minimum Gasteiger partial charge on any atom is -0.478 e. The van der Waals surface area contributed by atoms with E-state index in [4.69, 9.17) is 5.11 Å². The van der Waals surface area contributed by atoms with Crippen LogP contribution in [0.4, 0.5) is 4.39 Å². The van der Waals surface area contributed by atoms with Crippen molar-refractivity contribution in [3.8, 4) is 0 Å². The van der Waals surface area contributed by atoms with Gasteiger partial charge in [0, 0.05) is 25.6 Å². The van der Waals surface area contributed by atoms with Crippen LogP contribution in [0.1, 0.15) is 62.5 Å². The largest absolute Gasteiger partial charge is 0.478 e. The zero-order valence-electron chi connectivity index (χ0n) is 13.9. The molecule has 22 heavy (non-hydrogen) atoms. The molecule has 0 amide bonds. The molecular weight excluding hydrogens is 281 g/mol. The summed E-state index contributed by atoms with van der Waals surface area (Å²) in [5, 5.41) is 9.00. The number of hydrogen-bond acceptors (Lipinski definition) is 2. The molecule has 0 aromatic heterocycles. The van der Waals surface area contributed by atoms with Crippen molar-refractivity contribution in [1.29, 1.82) is 0 Å². The first-order chi connectivity index (χ1) is 10.1. The van der Waals surface area contributed by atoms with Crippen LogP contribution in [0.15, 0.2) is 24.3 Å². The molecule has 1 N–H and O–H groups in total. The lowest BCUT2D eigenvalue weighted by Crippen LogP contribution is -2.45. The molecule has 2 atom stereocenters. The Labute approximate surface area is 132 Å². The van der Waals surface area contributed by atoms with Gasteiger partial charge in [-0.3, -0.25) is 4.90 Å². The Balaban J connectivity index is 2.26. The molecule has 0 unspecified atom stereocenters. The fourth-order valence-corrected chi connectivity index (χ4v) is 3.14. The number of aromatic carboxylic acids is 1. The molecule has 0 aliphatic carbocycles. The monoisotopic (exact) mass is 307 g/mol. The minimum absolute atomic E-state index is 0.00539. The summed E-state index contributed by atoms with van der Waals surface area (Å²) in [7, 11) is 0. The number of halogens is 1. The normalized spacial score (nSPS) is 26.9. The Morgan fingerprint density at radius 2 is 1.95 bits per heavy atom. The second-order valence-electron chi connectivity index (χ2n) is 7.84. The Morgan fingerprint density at radius 1 is 1.36 bits per heavy atom. The molecule has 2 rings (SSSR count). The van der Waals surface area contributed by atoms with Crippen LogP contribution in [0.5, 0.6) is 0 Å². The topological polar surface area (TPSA) is 40.5 Å². The molecule has 3 nitrogen and oxygen atoms in total. The highest BCUT2D eigenvalue weighted by molar-refractivity contribution is 5.87. The zero-order chi connectivity index (χ0) is 16.5. The first kappa shape index (κ1) is 16.9. The molecule has 1 fully saturated rings. The average Bonchev–Trinajstić information content (AvgIpc) is 2.39. The molecule has 122 valence electrons. The second-order valence-corrected chi connectivity index (χ2v) is 7.84. The van der Waals surface area contributed by atoms with E-state index in [1.54, 1.807) is 19.1 Å². The predicted octanol–water partition coefficient (Wildman–Crippen LogP) is 4.30. The SMILES string of the molecule is CC(C)(C)CN1CC[C@@](C)(F)C[C@H]1c1ccc(C(=O)O)cc1. The molecule has 1 heterocycles. The molecule has 1 aromatic carbocycles. The van der Waals surface area contributed by atoms with Crippen LogP contribution in [0.25, 0.3) is 0 Å². The maximum Gasteiger partial charge on any atom is 0.335 e. The van der Waals surface area contributed by atoms with Gasteiger partial charge < -0.3 is 5.11 Å². The van der Waals surface area contributed by atoms with Gasteiger partial charge in [-0.1, -0.05) is 32.9 Å². The predicted molar refractivity (Wildman–Crippen MR) is 85.9 cm³/mol. The maximum absolute atomic E-state index is 14.5. The molecule has 1 saturated heterocycles. The van der Waals surface area contributed by atoms with Crippen molar-refractivity contribution in [3.05, 3.63) is 35.4 Å². The van der Waals surface area contributed by atoms with E-state index in [9.17, 15) is 9.18 Å². The number of hydrogen-bond donors (Lipinski definition) is 1. The van der Waals surface area contributed by atoms with E-state index in [1.165, 1.54) is 0 Å². The molecule has 0 saturated carbocycles. The first-order valence-corrected chi connectivity index (χ1v) is 7.84. The highest BCUT2D eigenvalue weighted by atomic mass is 19.1. The minimum atomic E-state index is -1.16. The Hall–Kier alpha value is -1.42. The zero-order valence-corrected chi connectivity index (χ0v) is 13.9. The highest BCUT2D eigenvalue weighted by Crippen LogP contribution is 2.40. The van der Waals surface area contributed by atoms with E-state index in [-0.39, 0.29) is 17.0 Å². The summed E-state index contributed by atoms with van der Waals surface area (Å²) in [4.78, 5) is 13.3. The van der Waals surface area contributed by atoms with Crippen molar-refractivity contribution >= 4 is 5.97 Å². The van der Waals surface area contributed by atoms with Crippen LogP contribution in [0.2, 0.25) is 0 Å². The molecular formula is C18H26FNO2. The average molecular weight is 307 g/mol. The number of alkyl halides is 1. The number of rotatable bonds is 3.